The highest BCUT2D eigenvalue weighted by Crippen LogP contribution is 2.31. The molecule has 6 heteroatoms. The van der Waals surface area contributed by atoms with Crippen LogP contribution in [0, 0.1) is 5.82 Å². The number of nitrogens with zero attached hydrogens (tertiary/aromatic N) is 2. The fraction of sp³-hybridized carbons (Fsp3) is 0.333. The lowest BCUT2D eigenvalue weighted by molar-refractivity contribution is -0.138. The molecule has 0 aliphatic carbocycles. The van der Waals surface area contributed by atoms with E-state index in [0.29, 0.717) is 31.2 Å². The van der Waals surface area contributed by atoms with Crippen LogP contribution >= 0.6 is 0 Å². The maximum atomic E-state index is 13.3. The van der Waals surface area contributed by atoms with E-state index in [1.807, 2.05) is 24.3 Å². The van der Waals surface area contributed by atoms with Gasteiger partial charge in [-0.25, -0.2) is 4.39 Å². The molecule has 3 aromatic rings. The number of amides is 1. The number of fused-ring (bicyclic) bond motifs is 1. The standard InChI is InChI=1S/C24H25FN2O3/c1-15(2)19-6-4-5-7-22(19)29-16(3)24(28)27-13-12-21-20(14-27)23(30-26-21)17-8-10-18(25)11-9-17/h4-11,15-16H,12-14H2,1-3H3. The first kappa shape index (κ1) is 20.1. The number of carbonyl (C=O) groups is 1. The Hall–Kier alpha value is -3.15. The smallest absolute Gasteiger partial charge is 0.263 e. The summed E-state index contributed by atoms with van der Waals surface area (Å²) >= 11 is 0. The molecular formula is C24H25FN2O3. The van der Waals surface area contributed by atoms with Gasteiger partial charge in [0, 0.05) is 24.1 Å². The maximum absolute atomic E-state index is 13.3. The third kappa shape index (κ3) is 3.95. The second kappa shape index (κ2) is 8.30. The lowest BCUT2D eigenvalue weighted by Gasteiger charge is -2.29. The second-order valence-corrected chi connectivity index (χ2v) is 7.91. The van der Waals surface area contributed by atoms with Crippen LogP contribution < -0.4 is 4.74 Å². The Morgan fingerprint density at radius 1 is 1.13 bits per heavy atom. The average molecular weight is 408 g/mol. The second-order valence-electron chi connectivity index (χ2n) is 7.91. The van der Waals surface area contributed by atoms with Gasteiger partial charge < -0.3 is 14.2 Å². The molecule has 1 atom stereocenters. The Bertz CT molecular complexity index is 1040. The Morgan fingerprint density at radius 2 is 1.87 bits per heavy atom. The molecule has 5 nitrogen and oxygen atoms in total. The highest BCUT2D eigenvalue weighted by Gasteiger charge is 2.30. The normalized spacial score (nSPS) is 14.5. The van der Waals surface area contributed by atoms with Gasteiger partial charge in [0.1, 0.15) is 11.6 Å². The SMILES string of the molecule is CC(Oc1ccccc1C(C)C)C(=O)N1CCc2noc(-c3ccc(F)cc3)c2C1. The number of aromatic nitrogens is 1. The molecule has 0 bridgehead atoms. The van der Waals surface area contributed by atoms with E-state index in [0.717, 1.165) is 28.1 Å². The van der Waals surface area contributed by atoms with Gasteiger partial charge in [0.15, 0.2) is 11.9 Å². The van der Waals surface area contributed by atoms with Crippen LogP contribution in [0.5, 0.6) is 5.75 Å². The first-order valence-corrected chi connectivity index (χ1v) is 10.2. The van der Waals surface area contributed by atoms with E-state index < -0.39 is 6.10 Å². The quantitative estimate of drug-likeness (QED) is 0.599. The number of halogens is 1. The molecule has 1 amide bonds. The highest BCUT2D eigenvalue weighted by molar-refractivity contribution is 5.81. The van der Waals surface area contributed by atoms with Crippen molar-refractivity contribution in [3.05, 3.63) is 71.2 Å². The number of carbonyl (C=O) groups excluding carboxylic acids is 1. The minimum Gasteiger partial charge on any atom is -0.481 e. The third-order valence-electron chi connectivity index (χ3n) is 5.45. The van der Waals surface area contributed by atoms with Gasteiger partial charge in [0.2, 0.25) is 0 Å². The van der Waals surface area contributed by atoms with Crippen molar-refractivity contribution in [3.63, 3.8) is 0 Å². The molecule has 2 aromatic carbocycles. The van der Waals surface area contributed by atoms with Crippen LogP contribution in [-0.4, -0.2) is 28.6 Å². The number of hydrogen-bond acceptors (Lipinski definition) is 4. The molecule has 1 aliphatic rings. The summed E-state index contributed by atoms with van der Waals surface area (Å²) in [6.07, 6.45) is 0.00160. The van der Waals surface area contributed by atoms with Crippen LogP contribution in [0.2, 0.25) is 0 Å². The van der Waals surface area contributed by atoms with Crippen molar-refractivity contribution in [1.82, 2.24) is 10.1 Å². The first-order valence-electron chi connectivity index (χ1n) is 10.2. The summed E-state index contributed by atoms with van der Waals surface area (Å²) in [5.74, 6) is 1.24. The van der Waals surface area contributed by atoms with Crippen LogP contribution in [0.25, 0.3) is 11.3 Å². The zero-order valence-electron chi connectivity index (χ0n) is 17.4. The van der Waals surface area contributed by atoms with Crippen LogP contribution in [0.1, 0.15) is 43.5 Å². The molecule has 4 rings (SSSR count). The van der Waals surface area contributed by atoms with E-state index in [1.165, 1.54) is 12.1 Å². The predicted molar refractivity (Wildman–Crippen MR) is 112 cm³/mol. The molecule has 1 unspecified atom stereocenters. The summed E-state index contributed by atoms with van der Waals surface area (Å²) in [5, 5.41) is 4.15. The largest absolute Gasteiger partial charge is 0.481 e. The zero-order chi connectivity index (χ0) is 21.3. The van der Waals surface area contributed by atoms with Crippen LogP contribution in [0.4, 0.5) is 4.39 Å². The van der Waals surface area contributed by atoms with Crippen molar-refractivity contribution in [2.75, 3.05) is 6.54 Å². The Balaban J connectivity index is 1.51. The summed E-state index contributed by atoms with van der Waals surface area (Å²) in [6, 6.07) is 13.9. The fourth-order valence-corrected chi connectivity index (χ4v) is 3.79. The van der Waals surface area contributed by atoms with Crippen molar-refractivity contribution in [1.29, 1.82) is 0 Å². The molecule has 0 saturated carbocycles. The molecule has 2 heterocycles. The summed E-state index contributed by atoms with van der Waals surface area (Å²) in [6.45, 7) is 6.93. The molecule has 0 spiro atoms. The minimum atomic E-state index is -0.611. The monoisotopic (exact) mass is 408 g/mol. The first-order chi connectivity index (χ1) is 14.4. The van der Waals surface area contributed by atoms with Gasteiger partial charge in [-0.2, -0.15) is 0 Å². The summed E-state index contributed by atoms with van der Waals surface area (Å²) in [4.78, 5) is 14.9. The van der Waals surface area contributed by atoms with Crippen LogP contribution in [-0.2, 0) is 17.8 Å². The molecule has 0 radical (unpaired) electrons. The van der Waals surface area contributed by atoms with E-state index in [-0.39, 0.29) is 11.7 Å². The van der Waals surface area contributed by atoms with E-state index in [4.69, 9.17) is 9.26 Å². The number of rotatable bonds is 5. The van der Waals surface area contributed by atoms with Crippen molar-refractivity contribution >= 4 is 5.91 Å². The van der Waals surface area contributed by atoms with E-state index in [2.05, 4.69) is 19.0 Å². The number of ether oxygens (including phenoxy) is 1. The van der Waals surface area contributed by atoms with Gasteiger partial charge in [-0.1, -0.05) is 37.2 Å². The van der Waals surface area contributed by atoms with E-state index in [9.17, 15) is 9.18 Å². The van der Waals surface area contributed by atoms with E-state index >= 15 is 0 Å². The molecule has 0 saturated heterocycles. The molecule has 156 valence electrons. The van der Waals surface area contributed by atoms with Gasteiger partial charge in [-0.3, -0.25) is 4.79 Å². The Kier molecular flexibility index (Phi) is 5.57. The lowest BCUT2D eigenvalue weighted by atomic mass is 10.0. The third-order valence-corrected chi connectivity index (χ3v) is 5.45. The van der Waals surface area contributed by atoms with Gasteiger partial charge in [-0.15, -0.1) is 0 Å². The van der Waals surface area contributed by atoms with Crippen molar-refractivity contribution in [2.45, 2.75) is 45.8 Å². The molecule has 1 aromatic heterocycles. The van der Waals surface area contributed by atoms with Gasteiger partial charge in [0.05, 0.1) is 12.2 Å². The van der Waals surface area contributed by atoms with Crippen LogP contribution in [0.15, 0.2) is 53.1 Å². The predicted octanol–water partition coefficient (Wildman–Crippen LogP) is 4.96. The number of para-hydroxylation sites is 1. The molecule has 0 N–H and O–H groups in total. The van der Waals surface area contributed by atoms with Gasteiger partial charge in [-0.05, 0) is 48.7 Å². The minimum absolute atomic E-state index is 0.0783. The topological polar surface area (TPSA) is 55.6 Å². The Labute approximate surface area is 175 Å². The van der Waals surface area contributed by atoms with Crippen molar-refractivity contribution in [3.8, 4) is 17.1 Å². The zero-order valence-corrected chi connectivity index (χ0v) is 17.4. The molecule has 1 aliphatic heterocycles. The molecule has 30 heavy (non-hydrogen) atoms. The number of benzene rings is 2. The summed E-state index contributed by atoms with van der Waals surface area (Å²) in [5.41, 5.74) is 3.54. The average Bonchev–Trinajstić information content (AvgIpc) is 3.17. The number of hydrogen-bond donors (Lipinski definition) is 0. The van der Waals surface area contributed by atoms with Crippen molar-refractivity contribution < 1.29 is 18.4 Å². The Morgan fingerprint density at radius 3 is 2.60 bits per heavy atom. The molecule has 0 fully saturated rings. The van der Waals surface area contributed by atoms with Crippen molar-refractivity contribution in [2.24, 2.45) is 0 Å². The maximum Gasteiger partial charge on any atom is 0.263 e. The van der Waals surface area contributed by atoms with Crippen LogP contribution in [0.3, 0.4) is 0 Å². The van der Waals surface area contributed by atoms with Gasteiger partial charge >= 0.3 is 0 Å². The highest BCUT2D eigenvalue weighted by atomic mass is 19.1. The van der Waals surface area contributed by atoms with Gasteiger partial charge in [0.25, 0.3) is 5.91 Å². The molecular weight excluding hydrogens is 383 g/mol. The fourth-order valence-electron chi connectivity index (χ4n) is 3.79. The summed E-state index contributed by atoms with van der Waals surface area (Å²) < 4.78 is 24.8. The van der Waals surface area contributed by atoms with E-state index in [1.54, 1.807) is 24.0 Å². The lowest BCUT2D eigenvalue weighted by Crippen LogP contribution is -2.43. The summed E-state index contributed by atoms with van der Waals surface area (Å²) in [7, 11) is 0.